The van der Waals surface area contributed by atoms with E-state index >= 15 is 0 Å². The number of carbonyl (C=O) groups excluding carboxylic acids is 1. The zero-order chi connectivity index (χ0) is 15.4. The van der Waals surface area contributed by atoms with Gasteiger partial charge in [-0.3, -0.25) is 19.6 Å². The minimum absolute atomic E-state index is 0.0653. The summed E-state index contributed by atoms with van der Waals surface area (Å²) in [5.74, 6) is -0.270. The van der Waals surface area contributed by atoms with E-state index in [1.54, 1.807) is 0 Å². The molecule has 2 rings (SSSR count). The van der Waals surface area contributed by atoms with Gasteiger partial charge in [0, 0.05) is 5.38 Å². The average molecular weight is 309 g/mol. The van der Waals surface area contributed by atoms with Crippen molar-refractivity contribution >= 4 is 22.9 Å². The topological polar surface area (TPSA) is 103 Å². The Morgan fingerprint density at radius 2 is 2.38 bits per heavy atom. The summed E-state index contributed by atoms with van der Waals surface area (Å²) in [5, 5.41) is 19.9. The summed E-state index contributed by atoms with van der Waals surface area (Å²) >= 11 is 1.50. The standard InChI is InChI=1S/C12H15N5O3S/c1-3-9-7-21-12(15-9)8(2)14-11(18)6-16-5-10(4-13-16)17(19)20/h4-5,7-8H,3,6H2,1-2H3,(H,14,18). The molecule has 2 heterocycles. The number of hydrogen-bond acceptors (Lipinski definition) is 6. The molecule has 1 amide bonds. The number of hydrogen-bond donors (Lipinski definition) is 1. The van der Waals surface area contributed by atoms with Crippen LogP contribution in [-0.4, -0.2) is 25.6 Å². The highest BCUT2D eigenvalue weighted by molar-refractivity contribution is 7.09. The number of nitrogens with one attached hydrogen (secondary N) is 1. The lowest BCUT2D eigenvalue weighted by Crippen LogP contribution is -2.30. The summed E-state index contributed by atoms with van der Waals surface area (Å²) in [4.78, 5) is 26.3. The first-order valence-corrected chi connectivity index (χ1v) is 7.28. The van der Waals surface area contributed by atoms with Gasteiger partial charge in [0.1, 0.15) is 23.9 Å². The van der Waals surface area contributed by atoms with Gasteiger partial charge < -0.3 is 5.32 Å². The van der Waals surface area contributed by atoms with Gasteiger partial charge in [0.05, 0.1) is 16.7 Å². The lowest BCUT2D eigenvalue weighted by molar-refractivity contribution is -0.385. The number of aryl methyl sites for hydroxylation is 1. The van der Waals surface area contributed by atoms with E-state index in [4.69, 9.17) is 0 Å². The number of thiazole rings is 1. The Bertz CT molecular complexity index is 651. The molecule has 0 spiro atoms. The molecule has 0 saturated carbocycles. The van der Waals surface area contributed by atoms with Crippen LogP contribution in [0.3, 0.4) is 0 Å². The van der Waals surface area contributed by atoms with Crippen molar-refractivity contribution in [3.8, 4) is 0 Å². The average Bonchev–Trinajstić information content (AvgIpc) is 3.06. The van der Waals surface area contributed by atoms with Crippen molar-refractivity contribution < 1.29 is 9.72 Å². The van der Waals surface area contributed by atoms with E-state index in [1.165, 1.54) is 22.2 Å². The first kappa shape index (κ1) is 15.1. The molecule has 1 N–H and O–H groups in total. The van der Waals surface area contributed by atoms with Crippen molar-refractivity contribution in [2.45, 2.75) is 32.9 Å². The first-order chi connectivity index (χ1) is 9.99. The van der Waals surface area contributed by atoms with Crippen LogP contribution in [0, 0.1) is 10.1 Å². The van der Waals surface area contributed by atoms with Crippen LogP contribution in [0.2, 0.25) is 0 Å². The van der Waals surface area contributed by atoms with Crippen LogP contribution in [-0.2, 0) is 17.8 Å². The molecule has 0 aromatic carbocycles. The summed E-state index contributed by atoms with van der Waals surface area (Å²) in [6, 6.07) is -0.201. The van der Waals surface area contributed by atoms with Gasteiger partial charge in [0.25, 0.3) is 0 Å². The Morgan fingerprint density at radius 3 is 2.95 bits per heavy atom. The van der Waals surface area contributed by atoms with E-state index in [9.17, 15) is 14.9 Å². The number of aromatic nitrogens is 3. The Labute approximate surface area is 125 Å². The number of carbonyl (C=O) groups is 1. The van der Waals surface area contributed by atoms with Crippen molar-refractivity contribution in [1.29, 1.82) is 0 Å². The van der Waals surface area contributed by atoms with Gasteiger partial charge in [0.2, 0.25) is 5.91 Å². The molecule has 0 bridgehead atoms. The predicted octanol–water partition coefficient (Wildman–Crippen LogP) is 1.69. The molecule has 0 aliphatic heterocycles. The van der Waals surface area contributed by atoms with Crippen LogP contribution >= 0.6 is 11.3 Å². The lowest BCUT2D eigenvalue weighted by Gasteiger charge is -2.11. The smallest absolute Gasteiger partial charge is 0.307 e. The number of amides is 1. The van der Waals surface area contributed by atoms with Crippen LogP contribution in [0.1, 0.15) is 30.6 Å². The maximum atomic E-state index is 11.9. The van der Waals surface area contributed by atoms with E-state index < -0.39 is 4.92 Å². The molecule has 0 aliphatic carbocycles. The Hall–Kier alpha value is -2.29. The van der Waals surface area contributed by atoms with Gasteiger partial charge in [0.15, 0.2) is 0 Å². The first-order valence-electron chi connectivity index (χ1n) is 6.40. The minimum Gasteiger partial charge on any atom is -0.346 e. The van der Waals surface area contributed by atoms with Crippen LogP contribution < -0.4 is 5.32 Å². The summed E-state index contributed by atoms with van der Waals surface area (Å²) < 4.78 is 1.24. The summed E-state index contributed by atoms with van der Waals surface area (Å²) in [5.41, 5.74) is 0.863. The molecule has 1 unspecified atom stereocenters. The fourth-order valence-electron chi connectivity index (χ4n) is 1.71. The van der Waals surface area contributed by atoms with Gasteiger partial charge >= 0.3 is 5.69 Å². The fourth-order valence-corrected chi connectivity index (χ4v) is 2.62. The molecule has 2 aromatic heterocycles. The molecular weight excluding hydrogens is 294 g/mol. The Morgan fingerprint density at radius 1 is 1.62 bits per heavy atom. The van der Waals surface area contributed by atoms with Crippen LogP contribution in [0.15, 0.2) is 17.8 Å². The molecule has 2 aromatic rings. The predicted molar refractivity (Wildman–Crippen MR) is 76.9 cm³/mol. The van der Waals surface area contributed by atoms with Crippen molar-refractivity contribution in [2.75, 3.05) is 0 Å². The van der Waals surface area contributed by atoms with Gasteiger partial charge in [-0.1, -0.05) is 6.92 Å². The molecular formula is C12H15N5O3S. The quantitative estimate of drug-likeness (QED) is 0.646. The normalized spacial score (nSPS) is 12.1. The van der Waals surface area contributed by atoms with E-state index in [1.807, 2.05) is 19.2 Å². The molecule has 1 atom stereocenters. The molecule has 0 aliphatic rings. The third-order valence-corrected chi connectivity index (χ3v) is 3.89. The van der Waals surface area contributed by atoms with Crippen molar-refractivity contribution in [2.24, 2.45) is 0 Å². The van der Waals surface area contributed by atoms with E-state index in [2.05, 4.69) is 15.4 Å². The minimum atomic E-state index is -0.550. The molecule has 9 heteroatoms. The largest absolute Gasteiger partial charge is 0.346 e. The van der Waals surface area contributed by atoms with Crippen molar-refractivity contribution in [1.82, 2.24) is 20.1 Å². The third-order valence-electron chi connectivity index (χ3n) is 2.82. The fraction of sp³-hybridized carbons (Fsp3) is 0.417. The molecule has 0 radical (unpaired) electrons. The van der Waals surface area contributed by atoms with Gasteiger partial charge in [-0.15, -0.1) is 11.3 Å². The summed E-state index contributed by atoms with van der Waals surface area (Å²) in [6.45, 7) is 3.80. The van der Waals surface area contributed by atoms with Crippen LogP contribution in [0.25, 0.3) is 0 Å². The van der Waals surface area contributed by atoms with Crippen molar-refractivity contribution in [3.05, 3.63) is 38.6 Å². The van der Waals surface area contributed by atoms with Gasteiger partial charge in [-0.25, -0.2) is 4.98 Å². The molecule has 0 saturated heterocycles. The highest BCUT2D eigenvalue weighted by Gasteiger charge is 2.15. The Kier molecular flexibility index (Phi) is 4.63. The number of rotatable bonds is 6. The maximum Gasteiger partial charge on any atom is 0.307 e. The van der Waals surface area contributed by atoms with Crippen LogP contribution in [0.5, 0.6) is 0 Å². The van der Waals surface area contributed by atoms with Gasteiger partial charge in [-0.05, 0) is 13.3 Å². The zero-order valence-corrected chi connectivity index (χ0v) is 12.5. The number of nitro groups is 1. The zero-order valence-electron chi connectivity index (χ0n) is 11.6. The Balaban J connectivity index is 1.92. The van der Waals surface area contributed by atoms with E-state index in [-0.39, 0.29) is 24.2 Å². The van der Waals surface area contributed by atoms with Crippen LogP contribution in [0.4, 0.5) is 5.69 Å². The second-order valence-corrected chi connectivity index (χ2v) is 5.36. The lowest BCUT2D eigenvalue weighted by atomic mass is 10.3. The summed E-state index contributed by atoms with van der Waals surface area (Å²) in [6.07, 6.45) is 3.20. The third kappa shape index (κ3) is 3.85. The van der Waals surface area contributed by atoms with Gasteiger partial charge in [-0.2, -0.15) is 5.10 Å². The maximum absolute atomic E-state index is 11.9. The highest BCUT2D eigenvalue weighted by atomic mass is 32.1. The SMILES string of the molecule is CCc1csc(C(C)NC(=O)Cn2cc([N+](=O)[O-])cn2)n1. The molecule has 0 fully saturated rings. The summed E-state index contributed by atoms with van der Waals surface area (Å²) in [7, 11) is 0. The van der Waals surface area contributed by atoms with E-state index in [0.717, 1.165) is 23.3 Å². The second kappa shape index (κ2) is 6.44. The molecule has 21 heavy (non-hydrogen) atoms. The molecule has 8 nitrogen and oxygen atoms in total. The number of nitrogens with zero attached hydrogens (tertiary/aromatic N) is 4. The molecule has 112 valence electrons. The monoisotopic (exact) mass is 309 g/mol. The second-order valence-electron chi connectivity index (χ2n) is 4.47. The van der Waals surface area contributed by atoms with Crippen molar-refractivity contribution in [3.63, 3.8) is 0 Å². The highest BCUT2D eigenvalue weighted by Crippen LogP contribution is 2.18. The van der Waals surface area contributed by atoms with E-state index in [0.29, 0.717) is 0 Å².